The van der Waals surface area contributed by atoms with Crippen molar-refractivity contribution in [1.82, 2.24) is 0 Å². The first-order valence-electron chi connectivity index (χ1n) is 5.71. The predicted octanol–water partition coefficient (Wildman–Crippen LogP) is 3.65. The molecule has 5 nitrogen and oxygen atoms in total. The number of phenols is 1. The molecular formula is C14H9Cl2NO4. The molecule has 0 fully saturated rings. The van der Waals surface area contributed by atoms with Gasteiger partial charge in [0.25, 0.3) is 5.91 Å². The third-order valence-electron chi connectivity index (χ3n) is 2.66. The molecule has 0 aliphatic carbocycles. The van der Waals surface area contributed by atoms with Crippen molar-refractivity contribution in [2.75, 3.05) is 5.32 Å². The number of aromatic carboxylic acids is 1. The maximum atomic E-state index is 12.1. The van der Waals surface area contributed by atoms with Crippen LogP contribution in [0.5, 0.6) is 5.75 Å². The molecule has 21 heavy (non-hydrogen) atoms. The molecule has 2 rings (SSSR count). The lowest BCUT2D eigenvalue weighted by molar-refractivity contribution is 0.0693. The van der Waals surface area contributed by atoms with Crippen molar-refractivity contribution in [2.45, 2.75) is 0 Å². The first kappa shape index (κ1) is 15.2. The summed E-state index contributed by atoms with van der Waals surface area (Å²) in [7, 11) is 0. The van der Waals surface area contributed by atoms with Crippen LogP contribution in [0.25, 0.3) is 0 Å². The van der Waals surface area contributed by atoms with E-state index in [9.17, 15) is 14.7 Å². The van der Waals surface area contributed by atoms with Gasteiger partial charge in [0.15, 0.2) is 0 Å². The summed E-state index contributed by atoms with van der Waals surface area (Å²) >= 11 is 11.7. The zero-order chi connectivity index (χ0) is 15.6. The van der Waals surface area contributed by atoms with Gasteiger partial charge in [-0.05, 0) is 30.3 Å². The maximum absolute atomic E-state index is 12.1. The first-order valence-corrected chi connectivity index (χ1v) is 6.47. The minimum Gasteiger partial charge on any atom is -0.507 e. The van der Waals surface area contributed by atoms with Gasteiger partial charge in [0.05, 0.1) is 10.6 Å². The van der Waals surface area contributed by atoms with Crippen LogP contribution in [0.2, 0.25) is 10.0 Å². The highest BCUT2D eigenvalue weighted by Crippen LogP contribution is 2.25. The van der Waals surface area contributed by atoms with E-state index in [0.29, 0.717) is 5.02 Å². The number of aromatic hydroxyl groups is 1. The molecule has 0 heterocycles. The Bertz CT molecular complexity index is 731. The van der Waals surface area contributed by atoms with Crippen LogP contribution in [-0.4, -0.2) is 22.1 Å². The monoisotopic (exact) mass is 325 g/mol. The molecule has 0 aliphatic heterocycles. The number of carbonyl (C=O) groups is 2. The Labute approximate surface area is 129 Å². The Morgan fingerprint density at radius 3 is 2.33 bits per heavy atom. The molecule has 3 N–H and O–H groups in total. The van der Waals surface area contributed by atoms with Crippen LogP contribution in [0, 0.1) is 0 Å². The van der Waals surface area contributed by atoms with Gasteiger partial charge in [0, 0.05) is 16.8 Å². The van der Waals surface area contributed by atoms with Crippen LogP contribution in [-0.2, 0) is 0 Å². The zero-order valence-corrected chi connectivity index (χ0v) is 11.9. The number of carboxylic acids is 1. The van der Waals surface area contributed by atoms with Gasteiger partial charge < -0.3 is 15.5 Å². The van der Waals surface area contributed by atoms with Crippen molar-refractivity contribution in [2.24, 2.45) is 0 Å². The number of hydrogen-bond acceptors (Lipinski definition) is 3. The molecule has 2 aromatic rings. The maximum Gasteiger partial charge on any atom is 0.339 e. The molecule has 0 spiro atoms. The molecule has 0 atom stereocenters. The molecule has 0 saturated heterocycles. The molecule has 0 unspecified atom stereocenters. The Balaban J connectivity index is 2.26. The fourth-order valence-electron chi connectivity index (χ4n) is 1.66. The highest BCUT2D eigenvalue weighted by molar-refractivity contribution is 6.36. The SMILES string of the molecule is O=C(O)c1ccc(NC(=O)c2cc(Cl)ccc2Cl)cc1O. The normalized spacial score (nSPS) is 10.2. The first-order chi connectivity index (χ1) is 9.88. The van der Waals surface area contributed by atoms with Crippen molar-refractivity contribution in [3.63, 3.8) is 0 Å². The van der Waals surface area contributed by atoms with E-state index in [1.807, 2.05) is 0 Å². The summed E-state index contributed by atoms with van der Waals surface area (Å²) in [6.45, 7) is 0. The lowest BCUT2D eigenvalue weighted by Crippen LogP contribution is -2.12. The molecule has 108 valence electrons. The van der Waals surface area contributed by atoms with Crippen LogP contribution in [0.15, 0.2) is 36.4 Å². The smallest absolute Gasteiger partial charge is 0.339 e. The number of amides is 1. The summed E-state index contributed by atoms with van der Waals surface area (Å²) in [5.74, 6) is -2.23. The highest BCUT2D eigenvalue weighted by Gasteiger charge is 2.14. The van der Waals surface area contributed by atoms with E-state index < -0.39 is 17.6 Å². The number of hydrogen-bond donors (Lipinski definition) is 3. The molecular weight excluding hydrogens is 317 g/mol. The lowest BCUT2D eigenvalue weighted by Gasteiger charge is -2.08. The van der Waals surface area contributed by atoms with Gasteiger partial charge in [-0.2, -0.15) is 0 Å². The Morgan fingerprint density at radius 2 is 1.71 bits per heavy atom. The molecule has 1 amide bonds. The number of nitrogens with one attached hydrogen (secondary N) is 1. The van der Waals surface area contributed by atoms with Crippen molar-refractivity contribution in [1.29, 1.82) is 0 Å². The van der Waals surface area contributed by atoms with E-state index in [1.165, 1.54) is 24.3 Å². The lowest BCUT2D eigenvalue weighted by atomic mass is 10.1. The van der Waals surface area contributed by atoms with Gasteiger partial charge in [0.2, 0.25) is 0 Å². The van der Waals surface area contributed by atoms with E-state index >= 15 is 0 Å². The van der Waals surface area contributed by atoms with Crippen molar-refractivity contribution >= 4 is 40.8 Å². The second-order valence-corrected chi connectivity index (χ2v) is 4.96. The number of rotatable bonds is 3. The van der Waals surface area contributed by atoms with Gasteiger partial charge in [0.1, 0.15) is 11.3 Å². The van der Waals surface area contributed by atoms with Crippen LogP contribution < -0.4 is 5.32 Å². The standard InChI is InChI=1S/C14H9Cl2NO4/c15-7-1-4-11(16)10(5-7)13(19)17-8-2-3-9(14(20)21)12(18)6-8/h1-6,18H,(H,17,19)(H,20,21). The second kappa shape index (κ2) is 6.03. The van der Waals surface area contributed by atoms with Gasteiger partial charge in [-0.15, -0.1) is 0 Å². The molecule has 2 aromatic carbocycles. The van der Waals surface area contributed by atoms with Crippen molar-refractivity contribution in [3.05, 3.63) is 57.6 Å². The number of carboxylic acid groups (broad SMARTS) is 1. The molecule has 0 bridgehead atoms. The Kier molecular flexibility index (Phi) is 4.35. The Hall–Kier alpha value is -2.24. The summed E-state index contributed by atoms with van der Waals surface area (Å²) in [6.07, 6.45) is 0. The largest absolute Gasteiger partial charge is 0.507 e. The topological polar surface area (TPSA) is 86.6 Å². The second-order valence-electron chi connectivity index (χ2n) is 4.12. The number of anilines is 1. The Morgan fingerprint density at radius 1 is 1.00 bits per heavy atom. The van der Waals surface area contributed by atoms with E-state index in [2.05, 4.69) is 5.32 Å². The summed E-state index contributed by atoms with van der Waals surface area (Å²) < 4.78 is 0. The fraction of sp³-hybridized carbons (Fsp3) is 0. The number of benzene rings is 2. The summed E-state index contributed by atoms with van der Waals surface area (Å²) in [4.78, 5) is 22.8. The van der Waals surface area contributed by atoms with Crippen LogP contribution in [0.4, 0.5) is 5.69 Å². The molecule has 0 aromatic heterocycles. The molecule has 0 radical (unpaired) electrons. The third-order valence-corrected chi connectivity index (χ3v) is 3.22. The van der Waals surface area contributed by atoms with E-state index in [0.717, 1.165) is 6.07 Å². The number of halogens is 2. The average Bonchev–Trinajstić information content (AvgIpc) is 2.41. The molecule has 0 aliphatic rings. The van der Waals surface area contributed by atoms with Gasteiger partial charge in [-0.25, -0.2) is 4.79 Å². The van der Waals surface area contributed by atoms with Gasteiger partial charge >= 0.3 is 5.97 Å². The van der Waals surface area contributed by atoms with Gasteiger partial charge in [-0.1, -0.05) is 23.2 Å². The predicted molar refractivity (Wildman–Crippen MR) is 79.5 cm³/mol. The van der Waals surface area contributed by atoms with Crippen LogP contribution in [0.1, 0.15) is 20.7 Å². The summed E-state index contributed by atoms with van der Waals surface area (Å²) in [6, 6.07) is 8.13. The minimum atomic E-state index is -1.26. The van der Waals surface area contributed by atoms with Crippen LogP contribution >= 0.6 is 23.2 Å². The third kappa shape index (κ3) is 3.45. The van der Waals surface area contributed by atoms with E-state index in [-0.39, 0.29) is 21.8 Å². The van der Waals surface area contributed by atoms with Gasteiger partial charge in [-0.3, -0.25) is 4.79 Å². The summed E-state index contributed by atoms with van der Waals surface area (Å²) in [5, 5.41) is 21.4. The van der Waals surface area contributed by atoms with Crippen molar-refractivity contribution in [3.8, 4) is 5.75 Å². The quantitative estimate of drug-likeness (QED) is 0.803. The molecule has 7 heteroatoms. The minimum absolute atomic E-state index is 0.172. The summed E-state index contributed by atoms with van der Waals surface area (Å²) in [5.41, 5.74) is 0.151. The van der Waals surface area contributed by atoms with Crippen molar-refractivity contribution < 1.29 is 19.8 Å². The zero-order valence-electron chi connectivity index (χ0n) is 10.4. The number of carbonyl (C=O) groups excluding carboxylic acids is 1. The fourth-order valence-corrected chi connectivity index (χ4v) is 2.04. The highest BCUT2D eigenvalue weighted by atomic mass is 35.5. The molecule has 0 saturated carbocycles. The van der Waals surface area contributed by atoms with E-state index in [1.54, 1.807) is 6.07 Å². The van der Waals surface area contributed by atoms with E-state index in [4.69, 9.17) is 28.3 Å². The average molecular weight is 326 g/mol. The van der Waals surface area contributed by atoms with Crippen LogP contribution in [0.3, 0.4) is 0 Å².